The minimum absolute atomic E-state index is 0.286. The quantitative estimate of drug-likeness (QED) is 0.623. The summed E-state index contributed by atoms with van der Waals surface area (Å²) in [6, 6.07) is 13.2. The standard InChI is InChI=1S/C21H22N4O3S2/c1-27-15-11-14(12-16(13-15)28-2)19(26)23-20(29)24-7-9-25(10-8-24)21-22-17-5-3-4-6-18(17)30-21/h3-6,11-13H,7-10H2,1-2H3,(H,23,26,29). The van der Waals surface area contributed by atoms with E-state index in [4.69, 9.17) is 26.7 Å². The van der Waals surface area contributed by atoms with E-state index in [1.807, 2.05) is 23.1 Å². The Morgan fingerprint density at radius 2 is 1.73 bits per heavy atom. The molecule has 9 heteroatoms. The van der Waals surface area contributed by atoms with E-state index in [-0.39, 0.29) is 5.91 Å². The van der Waals surface area contributed by atoms with Gasteiger partial charge in [-0.3, -0.25) is 10.1 Å². The van der Waals surface area contributed by atoms with E-state index in [9.17, 15) is 4.79 Å². The lowest BCUT2D eigenvalue weighted by molar-refractivity contribution is 0.0972. The molecular weight excluding hydrogens is 420 g/mol. The molecule has 30 heavy (non-hydrogen) atoms. The number of para-hydroxylation sites is 1. The Morgan fingerprint density at radius 1 is 1.07 bits per heavy atom. The Bertz CT molecular complexity index is 1020. The second kappa shape index (κ2) is 8.85. The first-order valence-electron chi connectivity index (χ1n) is 9.51. The molecule has 1 fully saturated rings. The van der Waals surface area contributed by atoms with Crippen LogP contribution in [-0.2, 0) is 0 Å². The van der Waals surface area contributed by atoms with Crippen LogP contribution in [0.25, 0.3) is 10.2 Å². The van der Waals surface area contributed by atoms with Gasteiger partial charge >= 0.3 is 0 Å². The average molecular weight is 443 g/mol. The van der Waals surface area contributed by atoms with Gasteiger partial charge in [-0.25, -0.2) is 4.98 Å². The molecule has 0 bridgehead atoms. The maximum atomic E-state index is 12.7. The maximum absolute atomic E-state index is 12.7. The SMILES string of the molecule is COc1cc(OC)cc(C(=O)NC(=S)N2CCN(c3nc4ccccc4s3)CC2)c1. The monoisotopic (exact) mass is 442 g/mol. The van der Waals surface area contributed by atoms with E-state index in [2.05, 4.69) is 16.3 Å². The van der Waals surface area contributed by atoms with Crippen molar-refractivity contribution in [3.63, 3.8) is 0 Å². The van der Waals surface area contributed by atoms with Crippen LogP contribution in [0.3, 0.4) is 0 Å². The number of aromatic nitrogens is 1. The molecule has 0 radical (unpaired) electrons. The molecule has 7 nitrogen and oxygen atoms in total. The smallest absolute Gasteiger partial charge is 0.257 e. The Balaban J connectivity index is 1.37. The van der Waals surface area contributed by atoms with Gasteiger partial charge < -0.3 is 19.3 Å². The molecule has 1 amide bonds. The van der Waals surface area contributed by atoms with Crippen LogP contribution in [0.1, 0.15) is 10.4 Å². The molecule has 0 unspecified atom stereocenters. The van der Waals surface area contributed by atoms with Crippen LogP contribution < -0.4 is 19.7 Å². The normalized spacial score (nSPS) is 13.9. The molecule has 0 atom stereocenters. The summed E-state index contributed by atoms with van der Waals surface area (Å²) in [6.45, 7) is 3.03. The number of hydrogen-bond acceptors (Lipinski definition) is 7. The molecule has 0 saturated carbocycles. The van der Waals surface area contributed by atoms with Gasteiger partial charge in [-0.2, -0.15) is 0 Å². The van der Waals surface area contributed by atoms with E-state index in [1.54, 1.807) is 43.8 Å². The molecule has 156 valence electrons. The van der Waals surface area contributed by atoms with Crippen LogP contribution >= 0.6 is 23.6 Å². The summed E-state index contributed by atoms with van der Waals surface area (Å²) in [6.07, 6.45) is 0. The molecule has 2 heterocycles. The Hall–Kier alpha value is -2.91. The van der Waals surface area contributed by atoms with Crippen LogP contribution in [0.15, 0.2) is 42.5 Å². The van der Waals surface area contributed by atoms with Gasteiger partial charge in [0, 0.05) is 37.8 Å². The first-order chi connectivity index (χ1) is 14.6. The lowest BCUT2D eigenvalue weighted by Crippen LogP contribution is -2.52. The zero-order chi connectivity index (χ0) is 21.1. The summed E-state index contributed by atoms with van der Waals surface area (Å²) in [5.41, 5.74) is 1.46. The average Bonchev–Trinajstić information content (AvgIpc) is 3.23. The van der Waals surface area contributed by atoms with Crippen LogP contribution in [0.5, 0.6) is 11.5 Å². The fraction of sp³-hybridized carbons (Fsp3) is 0.286. The molecule has 1 aliphatic rings. The number of thiazole rings is 1. The van der Waals surface area contributed by atoms with E-state index in [1.165, 1.54) is 4.70 Å². The molecule has 0 spiro atoms. The second-order valence-corrected chi connectivity index (χ2v) is 8.19. The summed E-state index contributed by atoms with van der Waals surface area (Å²) < 4.78 is 11.6. The predicted molar refractivity (Wildman–Crippen MR) is 123 cm³/mol. The number of anilines is 1. The lowest BCUT2D eigenvalue weighted by atomic mass is 10.2. The Kier molecular flexibility index (Phi) is 6.01. The minimum atomic E-state index is -0.286. The third kappa shape index (κ3) is 4.31. The highest BCUT2D eigenvalue weighted by molar-refractivity contribution is 7.80. The van der Waals surface area contributed by atoms with Crippen LogP contribution in [-0.4, -0.2) is 61.3 Å². The summed E-state index contributed by atoms with van der Waals surface area (Å²) in [4.78, 5) is 21.7. The number of thiocarbonyl (C=S) groups is 1. The number of nitrogens with zero attached hydrogens (tertiary/aromatic N) is 3. The van der Waals surface area contributed by atoms with Crippen molar-refractivity contribution >= 4 is 49.9 Å². The Morgan fingerprint density at radius 3 is 2.37 bits per heavy atom. The number of carbonyl (C=O) groups excluding carboxylic acids is 1. The van der Waals surface area contributed by atoms with Gasteiger partial charge in [0.15, 0.2) is 10.2 Å². The number of hydrogen-bond donors (Lipinski definition) is 1. The second-order valence-electron chi connectivity index (χ2n) is 6.80. The number of nitrogens with one attached hydrogen (secondary N) is 1. The number of rotatable bonds is 4. The van der Waals surface area contributed by atoms with Crippen molar-refractivity contribution in [2.24, 2.45) is 0 Å². The van der Waals surface area contributed by atoms with Crippen molar-refractivity contribution in [3.05, 3.63) is 48.0 Å². The molecule has 1 N–H and O–H groups in total. The minimum Gasteiger partial charge on any atom is -0.497 e. The number of carbonyl (C=O) groups is 1. The van der Waals surface area contributed by atoms with Gasteiger partial charge in [-0.1, -0.05) is 23.5 Å². The highest BCUT2D eigenvalue weighted by atomic mass is 32.1. The fourth-order valence-electron chi connectivity index (χ4n) is 3.28. The zero-order valence-electron chi connectivity index (χ0n) is 16.8. The number of amides is 1. The summed E-state index contributed by atoms with van der Waals surface area (Å²) >= 11 is 7.18. The van der Waals surface area contributed by atoms with Gasteiger partial charge in [0.1, 0.15) is 11.5 Å². The largest absolute Gasteiger partial charge is 0.497 e. The van der Waals surface area contributed by atoms with Gasteiger partial charge in [0.25, 0.3) is 5.91 Å². The van der Waals surface area contributed by atoms with Crippen LogP contribution in [0, 0.1) is 0 Å². The molecule has 1 aliphatic heterocycles. The molecule has 3 aromatic rings. The number of methoxy groups -OCH3 is 2. The summed E-state index contributed by atoms with van der Waals surface area (Å²) in [7, 11) is 3.10. The summed E-state index contributed by atoms with van der Waals surface area (Å²) in [5, 5.41) is 4.26. The van der Waals surface area contributed by atoms with Crippen molar-refractivity contribution in [2.75, 3.05) is 45.3 Å². The topological polar surface area (TPSA) is 66.9 Å². The Labute approximate surface area is 184 Å². The van der Waals surface area contributed by atoms with Crippen LogP contribution in [0.4, 0.5) is 5.13 Å². The number of piperazine rings is 1. The van der Waals surface area contributed by atoms with Crippen molar-refractivity contribution in [1.29, 1.82) is 0 Å². The van der Waals surface area contributed by atoms with Crippen molar-refractivity contribution in [2.45, 2.75) is 0 Å². The first-order valence-corrected chi connectivity index (χ1v) is 10.7. The van der Waals surface area contributed by atoms with E-state index >= 15 is 0 Å². The van der Waals surface area contributed by atoms with Gasteiger partial charge in [-0.05, 0) is 36.5 Å². The third-order valence-corrected chi connectivity index (χ3v) is 6.41. The van der Waals surface area contributed by atoms with Crippen molar-refractivity contribution in [1.82, 2.24) is 15.2 Å². The summed E-state index contributed by atoms with van der Waals surface area (Å²) in [5.74, 6) is 0.815. The van der Waals surface area contributed by atoms with Crippen molar-refractivity contribution < 1.29 is 14.3 Å². The molecule has 1 aromatic heterocycles. The van der Waals surface area contributed by atoms with Gasteiger partial charge in [0.05, 0.1) is 24.4 Å². The molecule has 0 aliphatic carbocycles. The van der Waals surface area contributed by atoms with E-state index in [0.29, 0.717) is 22.2 Å². The zero-order valence-corrected chi connectivity index (χ0v) is 18.4. The number of ether oxygens (including phenoxy) is 2. The predicted octanol–water partition coefficient (Wildman–Crippen LogP) is 3.15. The number of benzene rings is 2. The maximum Gasteiger partial charge on any atom is 0.257 e. The molecule has 2 aromatic carbocycles. The third-order valence-electron chi connectivity index (χ3n) is 4.95. The highest BCUT2D eigenvalue weighted by Crippen LogP contribution is 2.29. The fourth-order valence-corrected chi connectivity index (χ4v) is 4.58. The molecular formula is C21H22N4O3S2. The van der Waals surface area contributed by atoms with E-state index in [0.717, 1.165) is 36.8 Å². The first kappa shape index (κ1) is 20.4. The highest BCUT2D eigenvalue weighted by Gasteiger charge is 2.23. The van der Waals surface area contributed by atoms with E-state index < -0.39 is 0 Å². The van der Waals surface area contributed by atoms with Crippen molar-refractivity contribution in [3.8, 4) is 11.5 Å². The molecule has 4 rings (SSSR count). The number of fused-ring (bicyclic) bond motifs is 1. The van der Waals surface area contributed by atoms with Gasteiger partial charge in [-0.15, -0.1) is 0 Å². The molecule has 1 saturated heterocycles. The lowest BCUT2D eigenvalue weighted by Gasteiger charge is -2.35. The van der Waals surface area contributed by atoms with Gasteiger partial charge in [0.2, 0.25) is 0 Å². The van der Waals surface area contributed by atoms with Crippen LogP contribution in [0.2, 0.25) is 0 Å².